The molecule has 0 N–H and O–H groups in total. The lowest BCUT2D eigenvalue weighted by atomic mass is 9.96. The highest BCUT2D eigenvalue weighted by Gasteiger charge is 2.38. The first-order valence-corrected chi connectivity index (χ1v) is 13.6. The summed E-state index contributed by atoms with van der Waals surface area (Å²) < 4.78 is 5.45. The van der Waals surface area contributed by atoms with Crippen LogP contribution in [-0.2, 0) is 14.3 Å². The van der Waals surface area contributed by atoms with E-state index >= 15 is 0 Å². The third-order valence-electron chi connectivity index (χ3n) is 7.62. The number of nitrogens with zero attached hydrogens (tertiary/aromatic N) is 4. The van der Waals surface area contributed by atoms with Crippen LogP contribution in [0.5, 0.6) is 0 Å². The first-order valence-electron chi connectivity index (χ1n) is 13.2. The van der Waals surface area contributed by atoms with E-state index in [0.29, 0.717) is 31.2 Å². The summed E-state index contributed by atoms with van der Waals surface area (Å²) in [6, 6.07) is 13.6. The van der Waals surface area contributed by atoms with E-state index in [1.54, 1.807) is 9.91 Å². The van der Waals surface area contributed by atoms with Gasteiger partial charge < -0.3 is 9.64 Å². The number of morpholine rings is 1. The molecule has 0 unspecified atom stereocenters. The van der Waals surface area contributed by atoms with Crippen molar-refractivity contribution in [1.82, 2.24) is 14.8 Å². The standard InChI is InChI=1S/C29H35ClN4O3/c1-20-7-8-23(17-21(20)2)26-18-27(24-5-3-4-6-25(24)30)34(31-26)28(35)19-33(29(36)22-9-10-22)12-11-32-13-15-37-16-14-32/h3-8,17,22,27H,9-16,18-19H2,1-2H3/t27-/m1/s1. The molecule has 2 fully saturated rings. The molecule has 2 amide bonds. The molecule has 3 aliphatic rings. The summed E-state index contributed by atoms with van der Waals surface area (Å²) in [6.45, 7) is 8.56. The summed E-state index contributed by atoms with van der Waals surface area (Å²) in [6.07, 6.45) is 2.38. The summed E-state index contributed by atoms with van der Waals surface area (Å²) in [5, 5.41) is 7.00. The number of aryl methyl sites for hydroxylation is 2. The number of hydrogen-bond donors (Lipinski definition) is 0. The Morgan fingerprint density at radius 3 is 2.54 bits per heavy atom. The number of halogens is 1. The van der Waals surface area contributed by atoms with Gasteiger partial charge in [0.05, 0.1) is 25.0 Å². The smallest absolute Gasteiger partial charge is 0.262 e. The highest BCUT2D eigenvalue weighted by Crippen LogP contribution is 2.37. The van der Waals surface area contributed by atoms with E-state index < -0.39 is 0 Å². The van der Waals surface area contributed by atoms with Crippen LogP contribution in [0.2, 0.25) is 5.02 Å². The molecule has 2 heterocycles. The summed E-state index contributed by atoms with van der Waals surface area (Å²) in [5.74, 6) is -0.0572. The van der Waals surface area contributed by atoms with Crippen molar-refractivity contribution in [2.75, 3.05) is 45.9 Å². The lowest BCUT2D eigenvalue weighted by molar-refractivity contribution is -0.142. The molecule has 1 saturated heterocycles. The fraction of sp³-hybridized carbons (Fsp3) is 0.483. The van der Waals surface area contributed by atoms with Crippen molar-refractivity contribution in [2.24, 2.45) is 11.0 Å². The lowest BCUT2D eigenvalue weighted by Crippen LogP contribution is -2.47. The monoisotopic (exact) mass is 522 g/mol. The maximum absolute atomic E-state index is 13.8. The Morgan fingerprint density at radius 1 is 1.08 bits per heavy atom. The summed E-state index contributed by atoms with van der Waals surface area (Å²) in [5.41, 5.74) is 5.13. The SMILES string of the molecule is Cc1ccc(C2=NN(C(=O)CN(CCN3CCOCC3)C(=O)C3CC3)[C@@H](c3ccccc3Cl)C2)cc1C. The Hall–Kier alpha value is -2.74. The minimum atomic E-state index is -0.310. The Morgan fingerprint density at radius 2 is 1.84 bits per heavy atom. The second kappa shape index (κ2) is 11.3. The molecule has 2 aliphatic heterocycles. The first-order chi connectivity index (χ1) is 17.9. The predicted octanol–water partition coefficient (Wildman–Crippen LogP) is 4.21. The van der Waals surface area contributed by atoms with Gasteiger partial charge >= 0.3 is 0 Å². The molecule has 0 bridgehead atoms. The van der Waals surface area contributed by atoms with E-state index in [1.165, 1.54) is 11.1 Å². The molecule has 2 aromatic carbocycles. The van der Waals surface area contributed by atoms with Crippen molar-refractivity contribution < 1.29 is 14.3 Å². The van der Waals surface area contributed by atoms with Crippen LogP contribution in [-0.4, -0.2) is 78.3 Å². The normalized spacial score (nSPS) is 20.1. The maximum atomic E-state index is 13.8. The van der Waals surface area contributed by atoms with Crippen LogP contribution in [0, 0.1) is 19.8 Å². The van der Waals surface area contributed by atoms with E-state index in [4.69, 9.17) is 21.4 Å². The minimum Gasteiger partial charge on any atom is -0.379 e. The van der Waals surface area contributed by atoms with Crippen molar-refractivity contribution in [3.8, 4) is 0 Å². The number of carbonyl (C=O) groups is 2. The van der Waals surface area contributed by atoms with Crippen LogP contribution in [0.1, 0.15) is 47.6 Å². The molecule has 7 nitrogen and oxygen atoms in total. The van der Waals surface area contributed by atoms with Crippen LogP contribution < -0.4 is 0 Å². The maximum Gasteiger partial charge on any atom is 0.262 e. The number of hydrazone groups is 1. The van der Waals surface area contributed by atoms with Gasteiger partial charge in [0.1, 0.15) is 6.54 Å². The Kier molecular flexibility index (Phi) is 7.93. The van der Waals surface area contributed by atoms with Crippen LogP contribution in [0.15, 0.2) is 47.6 Å². The quantitative estimate of drug-likeness (QED) is 0.521. The Labute approximate surface area is 224 Å². The van der Waals surface area contributed by atoms with Gasteiger partial charge in [0.2, 0.25) is 5.91 Å². The topological polar surface area (TPSA) is 65.5 Å². The van der Waals surface area contributed by atoms with Gasteiger partial charge in [0, 0.05) is 43.5 Å². The van der Waals surface area contributed by atoms with Gasteiger partial charge in [-0.15, -0.1) is 0 Å². The average molecular weight is 523 g/mol. The average Bonchev–Trinajstić information content (AvgIpc) is 3.67. The molecule has 2 aromatic rings. The molecule has 0 aromatic heterocycles. The largest absolute Gasteiger partial charge is 0.379 e. The Balaban J connectivity index is 1.38. The van der Waals surface area contributed by atoms with Crippen molar-refractivity contribution in [1.29, 1.82) is 0 Å². The van der Waals surface area contributed by atoms with Crippen molar-refractivity contribution in [3.05, 3.63) is 69.7 Å². The molecule has 0 radical (unpaired) electrons. The molecule has 37 heavy (non-hydrogen) atoms. The van der Waals surface area contributed by atoms with Gasteiger partial charge in [-0.3, -0.25) is 14.5 Å². The molecule has 1 saturated carbocycles. The fourth-order valence-electron chi connectivity index (χ4n) is 5.00. The second-order valence-electron chi connectivity index (χ2n) is 10.3. The zero-order chi connectivity index (χ0) is 25.9. The molecule has 196 valence electrons. The number of benzene rings is 2. The number of carbonyl (C=O) groups excluding carboxylic acids is 2. The highest BCUT2D eigenvalue weighted by molar-refractivity contribution is 6.31. The number of hydrogen-bond acceptors (Lipinski definition) is 5. The van der Waals surface area contributed by atoms with Crippen molar-refractivity contribution in [2.45, 2.75) is 39.2 Å². The van der Waals surface area contributed by atoms with Crippen LogP contribution in [0.25, 0.3) is 0 Å². The predicted molar refractivity (Wildman–Crippen MR) is 145 cm³/mol. The number of amides is 2. The van der Waals surface area contributed by atoms with Crippen LogP contribution in [0.3, 0.4) is 0 Å². The summed E-state index contributed by atoms with van der Waals surface area (Å²) >= 11 is 6.59. The van der Waals surface area contributed by atoms with E-state index in [2.05, 4.69) is 36.9 Å². The summed E-state index contributed by atoms with van der Waals surface area (Å²) in [7, 11) is 0. The van der Waals surface area contributed by atoms with Gasteiger partial charge in [-0.1, -0.05) is 41.9 Å². The van der Waals surface area contributed by atoms with Crippen molar-refractivity contribution >= 4 is 29.1 Å². The Bertz CT molecular complexity index is 1190. The highest BCUT2D eigenvalue weighted by atomic mass is 35.5. The van der Waals surface area contributed by atoms with E-state index in [1.807, 2.05) is 24.3 Å². The van der Waals surface area contributed by atoms with Gasteiger partial charge in [-0.25, -0.2) is 5.01 Å². The van der Waals surface area contributed by atoms with E-state index in [-0.39, 0.29) is 30.3 Å². The number of ether oxygens (including phenoxy) is 1. The molecule has 0 spiro atoms. The molecular formula is C29H35ClN4O3. The third kappa shape index (κ3) is 6.06. The fourth-order valence-corrected chi connectivity index (χ4v) is 5.26. The van der Waals surface area contributed by atoms with E-state index in [0.717, 1.165) is 49.3 Å². The van der Waals surface area contributed by atoms with Gasteiger partial charge in [-0.05, 0) is 61.1 Å². The first kappa shape index (κ1) is 25.9. The van der Waals surface area contributed by atoms with Crippen molar-refractivity contribution in [3.63, 3.8) is 0 Å². The minimum absolute atomic E-state index is 0.0182. The molecule has 1 atom stereocenters. The van der Waals surface area contributed by atoms with E-state index in [9.17, 15) is 9.59 Å². The lowest BCUT2D eigenvalue weighted by Gasteiger charge is -2.31. The number of rotatable bonds is 8. The van der Waals surface area contributed by atoms with Gasteiger partial charge in [0.25, 0.3) is 5.91 Å². The van der Waals surface area contributed by atoms with Crippen LogP contribution in [0.4, 0.5) is 0 Å². The molecule has 5 rings (SSSR count). The third-order valence-corrected chi connectivity index (χ3v) is 7.97. The van der Waals surface area contributed by atoms with Crippen LogP contribution >= 0.6 is 11.6 Å². The molecular weight excluding hydrogens is 488 g/mol. The second-order valence-corrected chi connectivity index (χ2v) is 10.7. The van der Waals surface area contributed by atoms with Gasteiger partial charge in [0.15, 0.2) is 0 Å². The van der Waals surface area contributed by atoms with Gasteiger partial charge in [-0.2, -0.15) is 5.10 Å². The molecule has 8 heteroatoms. The molecule has 1 aliphatic carbocycles. The zero-order valence-corrected chi connectivity index (χ0v) is 22.4. The summed E-state index contributed by atoms with van der Waals surface area (Å²) in [4.78, 5) is 31.0. The zero-order valence-electron chi connectivity index (χ0n) is 21.7.